The lowest BCUT2D eigenvalue weighted by Gasteiger charge is -2.10. The minimum Gasteiger partial charge on any atom is -0.377 e. The van der Waals surface area contributed by atoms with E-state index in [0.717, 1.165) is 6.42 Å². The van der Waals surface area contributed by atoms with Crippen LogP contribution in [0.15, 0.2) is 24.3 Å². The molecular formula is C12H18FNO. The first-order valence-corrected chi connectivity index (χ1v) is 5.22. The fourth-order valence-electron chi connectivity index (χ4n) is 1.20. The van der Waals surface area contributed by atoms with Crippen LogP contribution >= 0.6 is 0 Å². The summed E-state index contributed by atoms with van der Waals surface area (Å²) in [4.78, 5) is 0. The van der Waals surface area contributed by atoms with Gasteiger partial charge in [0.2, 0.25) is 0 Å². The largest absolute Gasteiger partial charge is 0.377 e. The Morgan fingerprint density at radius 2 is 2.13 bits per heavy atom. The predicted molar refractivity (Wildman–Crippen MR) is 59.2 cm³/mol. The van der Waals surface area contributed by atoms with Crippen LogP contribution in [0, 0.1) is 5.82 Å². The van der Waals surface area contributed by atoms with Gasteiger partial charge in [0, 0.05) is 18.2 Å². The summed E-state index contributed by atoms with van der Waals surface area (Å²) in [5.74, 6) is -0.195. The fraction of sp³-hybridized carbons (Fsp3) is 0.500. The van der Waals surface area contributed by atoms with Crippen LogP contribution in [-0.2, 0) is 11.3 Å². The average Bonchev–Trinajstić information content (AvgIpc) is 2.26. The van der Waals surface area contributed by atoms with Crippen LogP contribution in [0.25, 0.3) is 0 Å². The maximum atomic E-state index is 13.1. The van der Waals surface area contributed by atoms with Gasteiger partial charge < -0.3 is 10.1 Å². The van der Waals surface area contributed by atoms with E-state index < -0.39 is 0 Å². The number of halogens is 1. The molecule has 1 rings (SSSR count). The Labute approximate surface area is 90.4 Å². The van der Waals surface area contributed by atoms with E-state index in [9.17, 15) is 4.39 Å². The molecule has 0 bridgehead atoms. The maximum Gasteiger partial charge on any atom is 0.128 e. The van der Waals surface area contributed by atoms with E-state index in [1.807, 2.05) is 13.1 Å². The van der Waals surface area contributed by atoms with Crippen molar-refractivity contribution in [2.24, 2.45) is 0 Å². The van der Waals surface area contributed by atoms with Crippen LogP contribution in [0.3, 0.4) is 0 Å². The van der Waals surface area contributed by atoms with Crippen LogP contribution in [0.2, 0.25) is 0 Å². The molecule has 0 fully saturated rings. The smallest absolute Gasteiger partial charge is 0.128 e. The van der Waals surface area contributed by atoms with Crippen molar-refractivity contribution in [2.75, 3.05) is 13.7 Å². The van der Waals surface area contributed by atoms with Gasteiger partial charge in [-0.15, -0.1) is 0 Å². The Bertz CT molecular complexity index is 291. The zero-order valence-corrected chi connectivity index (χ0v) is 9.29. The summed E-state index contributed by atoms with van der Waals surface area (Å²) in [7, 11) is 1.92. The summed E-state index contributed by atoms with van der Waals surface area (Å²) in [6.45, 7) is 3.09. The van der Waals surface area contributed by atoms with E-state index in [2.05, 4.69) is 12.2 Å². The summed E-state index contributed by atoms with van der Waals surface area (Å²) < 4.78 is 18.5. The van der Waals surface area contributed by atoms with Crippen molar-refractivity contribution in [1.82, 2.24) is 5.32 Å². The highest BCUT2D eigenvalue weighted by Crippen LogP contribution is 2.07. The number of benzene rings is 1. The van der Waals surface area contributed by atoms with Crippen LogP contribution in [0.5, 0.6) is 0 Å². The van der Waals surface area contributed by atoms with Crippen molar-refractivity contribution in [3.8, 4) is 0 Å². The zero-order chi connectivity index (χ0) is 11.1. The number of hydrogen-bond acceptors (Lipinski definition) is 2. The van der Waals surface area contributed by atoms with Crippen LogP contribution in [0.1, 0.15) is 18.9 Å². The van der Waals surface area contributed by atoms with Crippen LogP contribution in [0.4, 0.5) is 4.39 Å². The van der Waals surface area contributed by atoms with E-state index in [1.54, 1.807) is 12.1 Å². The number of nitrogens with one attached hydrogen (secondary N) is 1. The maximum absolute atomic E-state index is 13.1. The summed E-state index contributed by atoms with van der Waals surface area (Å²) in [6, 6.07) is 7.14. The van der Waals surface area contributed by atoms with Crippen molar-refractivity contribution in [3.05, 3.63) is 35.6 Å². The summed E-state index contributed by atoms with van der Waals surface area (Å²) in [5, 5.41) is 3.12. The van der Waals surface area contributed by atoms with Gasteiger partial charge in [-0.3, -0.25) is 0 Å². The lowest BCUT2D eigenvalue weighted by Crippen LogP contribution is -2.22. The molecule has 3 heteroatoms. The van der Waals surface area contributed by atoms with Gasteiger partial charge in [0.15, 0.2) is 0 Å². The van der Waals surface area contributed by atoms with Crippen molar-refractivity contribution < 1.29 is 9.13 Å². The Morgan fingerprint density at radius 3 is 2.80 bits per heavy atom. The van der Waals surface area contributed by atoms with Crippen molar-refractivity contribution in [3.63, 3.8) is 0 Å². The van der Waals surface area contributed by atoms with Crippen LogP contribution < -0.4 is 5.32 Å². The fourth-order valence-corrected chi connectivity index (χ4v) is 1.20. The van der Waals surface area contributed by atoms with E-state index >= 15 is 0 Å². The molecule has 0 amide bonds. The van der Waals surface area contributed by atoms with Gasteiger partial charge in [-0.2, -0.15) is 0 Å². The molecule has 1 aromatic rings. The Morgan fingerprint density at radius 1 is 1.40 bits per heavy atom. The third-order valence-electron chi connectivity index (χ3n) is 2.40. The Balaban J connectivity index is 2.23. The minimum atomic E-state index is -0.195. The van der Waals surface area contributed by atoms with Gasteiger partial charge in [0.1, 0.15) is 5.82 Å². The second-order valence-electron chi connectivity index (χ2n) is 3.62. The molecule has 1 aromatic carbocycles. The van der Waals surface area contributed by atoms with Crippen LogP contribution in [-0.4, -0.2) is 19.7 Å². The van der Waals surface area contributed by atoms with Gasteiger partial charge in [-0.1, -0.05) is 18.2 Å². The highest BCUT2D eigenvalue weighted by molar-refractivity contribution is 5.16. The number of ether oxygens (including phenoxy) is 1. The van der Waals surface area contributed by atoms with E-state index in [4.69, 9.17) is 4.74 Å². The summed E-state index contributed by atoms with van der Waals surface area (Å²) in [6.07, 6.45) is 0.935. The van der Waals surface area contributed by atoms with Gasteiger partial charge in [-0.05, 0) is 26.5 Å². The molecule has 0 aromatic heterocycles. The quantitative estimate of drug-likeness (QED) is 0.729. The molecule has 1 N–H and O–H groups in total. The zero-order valence-electron chi connectivity index (χ0n) is 9.29. The van der Waals surface area contributed by atoms with E-state index in [-0.39, 0.29) is 5.82 Å². The second-order valence-corrected chi connectivity index (χ2v) is 3.62. The highest BCUT2D eigenvalue weighted by Gasteiger charge is 2.01. The third kappa shape index (κ3) is 4.40. The minimum absolute atomic E-state index is 0.195. The molecule has 1 unspecified atom stereocenters. The first-order valence-electron chi connectivity index (χ1n) is 5.22. The Kier molecular flexibility index (Phi) is 5.29. The molecule has 0 spiro atoms. The normalized spacial score (nSPS) is 12.7. The van der Waals surface area contributed by atoms with Gasteiger partial charge in [0.25, 0.3) is 0 Å². The number of rotatable bonds is 6. The van der Waals surface area contributed by atoms with Gasteiger partial charge in [-0.25, -0.2) is 4.39 Å². The molecule has 0 aliphatic rings. The van der Waals surface area contributed by atoms with E-state index in [1.165, 1.54) is 6.07 Å². The second kappa shape index (κ2) is 6.53. The molecule has 0 saturated carbocycles. The average molecular weight is 211 g/mol. The van der Waals surface area contributed by atoms with Gasteiger partial charge >= 0.3 is 0 Å². The lowest BCUT2D eigenvalue weighted by molar-refractivity contribution is 0.111. The summed E-state index contributed by atoms with van der Waals surface area (Å²) >= 11 is 0. The molecule has 0 aliphatic carbocycles. The predicted octanol–water partition coefficient (Wildman–Crippen LogP) is 2.34. The SMILES string of the molecule is CNC(C)CCOCc1ccccc1F. The van der Waals surface area contributed by atoms with Gasteiger partial charge in [0.05, 0.1) is 6.61 Å². The molecule has 84 valence electrons. The topological polar surface area (TPSA) is 21.3 Å². The lowest BCUT2D eigenvalue weighted by atomic mass is 10.2. The van der Waals surface area contributed by atoms with E-state index in [0.29, 0.717) is 24.8 Å². The third-order valence-corrected chi connectivity index (χ3v) is 2.40. The molecule has 0 heterocycles. The molecule has 2 nitrogen and oxygen atoms in total. The van der Waals surface area contributed by atoms with Crippen molar-refractivity contribution in [1.29, 1.82) is 0 Å². The first-order chi connectivity index (χ1) is 7.24. The summed E-state index contributed by atoms with van der Waals surface area (Å²) in [5.41, 5.74) is 0.620. The number of hydrogen-bond donors (Lipinski definition) is 1. The molecule has 15 heavy (non-hydrogen) atoms. The molecular weight excluding hydrogens is 193 g/mol. The Hall–Kier alpha value is -0.930. The standard InChI is InChI=1S/C12H18FNO/c1-10(14-2)7-8-15-9-11-5-3-4-6-12(11)13/h3-6,10,14H,7-9H2,1-2H3. The van der Waals surface area contributed by atoms with Crippen molar-refractivity contribution >= 4 is 0 Å². The highest BCUT2D eigenvalue weighted by atomic mass is 19.1. The molecule has 0 aliphatic heterocycles. The first kappa shape index (κ1) is 12.1. The van der Waals surface area contributed by atoms with Crippen molar-refractivity contribution in [2.45, 2.75) is 26.0 Å². The molecule has 1 atom stereocenters. The molecule has 0 radical (unpaired) electrons. The monoisotopic (exact) mass is 211 g/mol. The molecule has 0 saturated heterocycles.